The van der Waals surface area contributed by atoms with E-state index in [4.69, 9.17) is 0 Å². The first-order valence-electron chi connectivity index (χ1n) is 7.75. The fraction of sp³-hybridized carbons (Fsp3) is 0.111. The molecule has 1 amide bonds. The minimum Gasteiger partial charge on any atom is -0.320 e. The lowest BCUT2D eigenvalue weighted by molar-refractivity contribution is -0.385. The Morgan fingerprint density at radius 3 is 2.62 bits per heavy atom. The number of aromatic nitrogens is 2. The number of hydrogen-bond donors (Lipinski definition) is 1. The molecule has 1 N–H and O–H groups in total. The van der Waals surface area contributed by atoms with Gasteiger partial charge < -0.3 is 5.32 Å². The van der Waals surface area contributed by atoms with Crippen LogP contribution in [0.3, 0.4) is 0 Å². The summed E-state index contributed by atoms with van der Waals surface area (Å²) in [5, 5.41) is 14.5. The van der Waals surface area contributed by atoms with Crippen LogP contribution in [0.1, 0.15) is 16.1 Å². The third-order valence-electron chi connectivity index (χ3n) is 3.82. The number of nitrogens with zero attached hydrogens (tertiary/aromatic N) is 3. The van der Waals surface area contributed by atoms with Gasteiger partial charge in [-0.05, 0) is 31.4 Å². The van der Waals surface area contributed by atoms with Crippen LogP contribution in [0.25, 0.3) is 5.69 Å². The fourth-order valence-corrected chi connectivity index (χ4v) is 3.09. The van der Waals surface area contributed by atoms with Gasteiger partial charge in [-0.15, -0.1) is 0 Å². The lowest BCUT2D eigenvalue weighted by atomic mass is 10.2. The molecule has 2 aromatic carbocycles. The van der Waals surface area contributed by atoms with E-state index in [1.807, 2.05) is 36.6 Å². The summed E-state index contributed by atoms with van der Waals surface area (Å²) in [6, 6.07) is 14.0. The van der Waals surface area contributed by atoms with Crippen LogP contribution >= 0.6 is 11.8 Å². The summed E-state index contributed by atoms with van der Waals surface area (Å²) >= 11 is 1.43. The average molecular weight is 368 g/mol. The number of benzene rings is 2. The molecule has 0 saturated carbocycles. The van der Waals surface area contributed by atoms with Gasteiger partial charge in [0.15, 0.2) is 5.16 Å². The van der Waals surface area contributed by atoms with Crippen molar-refractivity contribution in [1.82, 2.24) is 9.55 Å². The Hall–Kier alpha value is -3.13. The molecule has 0 spiro atoms. The van der Waals surface area contributed by atoms with E-state index >= 15 is 0 Å². The Labute approximate surface area is 154 Å². The second-order valence-corrected chi connectivity index (χ2v) is 6.29. The van der Waals surface area contributed by atoms with E-state index in [2.05, 4.69) is 10.3 Å². The van der Waals surface area contributed by atoms with Crippen LogP contribution in [0.15, 0.2) is 59.9 Å². The number of nitro groups is 1. The van der Waals surface area contributed by atoms with Crippen LogP contribution < -0.4 is 5.32 Å². The van der Waals surface area contributed by atoms with Crippen LogP contribution in [-0.4, -0.2) is 26.6 Å². The zero-order chi connectivity index (χ0) is 18.7. The predicted octanol–water partition coefficient (Wildman–Crippen LogP) is 4.06. The van der Waals surface area contributed by atoms with Crippen LogP contribution in [0.4, 0.5) is 11.4 Å². The van der Waals surface area contributed by atoms with Crippen molar-refractivity contribution in [3.63, 3.8) is 0 Å². The molecule has 26 heavy (non-hydrogen) atoms. The van der Waals surface area contributed by atoms with E-state index in [1.54, 1.807) is 23.6 Å². The second-order valence-electron chi connectivity index (χ2n) is 5.51. The molecule has 1 aromatic heterocycles. The van der Waals surface area contributed by atoms with Gasteiger partial charge in [-0.2, -0.15) is 0 Å². The molecule has 0 aliphatic carbocycles. The summed E-state index contributed by atoms with van der Waals surface area (Å²) in [6.07, 6.45) is 3.38. The number of para-hydroxylation sites is 1. The summed E-state index contributed by atoms with van der Waals surface area (Å²) < 4.78 is 1.75. The first-order chi connectivity index (χ1) is 12.5. The number of carbonyl (C=O) groups is 1. The topological polar surface area (TPSA) is 90.1 Å². The third kappa shape index (κ3) is 3.45. The highest BCUT2D eigenvalue weighted by Gasteiger charge is 2.19. The first-order valence-corrected chi connectivity index (χ1v) is 8.97. The molecule has 3 aromatic rings. The van der Waals surface area contributed by atoms with E-state index in [0.29, 0.717) is 22.1 Å². The van der Waals surface area contributed by atoms with Gasteiger partial charge in [-0.1, -0.05) is 36.0 Å². The van der Waals surface area contributed by atoms with Gasteiger partial charge in [0, 0.05) is 23.0 Å². The van der Waals surface area contributed by atoms with Gasteiger partial charge in [0.25, 0.3) is 11.6 Å². The normalized spacial score (nSPS) is 10.5. The van der Waals surface area contributed by atoms with E-state index in [9.17, 15) is 14.9 Å². The second kappa shape index (κ2) is 7.40. The van der Waals surface area contributed by atoms with Crippen LogP contribution in [0, 0.1) is 17.0 Å². The first kappa shape index (κ1) is 17.7. The van der Waals surface area contributed by atoms with Crippen molar-refractivity contribution in [2.45, 2.75) is 12.1 Å². The zero-order valence-electron chi connectivity index (χ0n) is 14.2. The van der Waals surface area contributed by atoms with Gasteiger partial charge in [0.05, 0.1) is 11.1 Å². The number of anilines is 1. The molecule has 0 aliphatic heterocycles. The van der Waals surface area contributed by atoms with Crippen molar-refractivity contribution in [2.24, 2.45) is 0 Å². The monoisotopic (exact) mass is 368 g/mol. The van der Waals surface area contributed by atoms with Gasteiger partial charge in [0.2, 0.25) is 0 Å². The van der Waals surface area contributed by atoms with Crippen LogP contribution in [0.5, 0.6) is 0 Å². The van der Waals surface area contributed by atoms with E-state index < -0.39 is 4.92 Å². The molecular formula is C18H16N4O3S. The molecular weight excluding hydrogens is 352 g/mol. The number of aryl methyl sites for hydroxylation is 1. The number of hydrogen-bond acceptors (Lipinski definition) is 5. The summed E-state index contributed by atoms with van der Waals surface area (Å²) in [5.74, 6) is -0.389. The van der Waals surface area contributed by atoms with Crippen molar-refractivity contribution in [3.05, 3.63) is 76.1 Å². The van der Waals surface area contributed by atoms with Gasteiger partial charge in [-0.25, -0.2) is 4.98 Å². The molecule has 0 saturated heterocycles. The highest BCUT2D eigenvalue weighted by Crippen LogP contribution is 2.25. The molecule has 132 valence electrons. The van der Waals surface area contributed by atoms with Crippen molar-refractivity contribution in [1.29, 1.82) is 0 Å². The Morgan fingerprint density at radius 2 is 1.96 bits per heavy atom. The quantitative estimate of drug-likeness (QED) is 0.417. The molecule has 7 nitrogen and oxygen atoms in total. The number of rotatable bonds is 5. The zero-order valence-corrected chi connectivity index (χ0v) is 15.0. The standard InChI is InChI=1S/C18H16N4O3S/c1-12-8-9-13(10-15(12)22(24)25)20-17(23)16-11-19-18(26-2)21(16)14-6-4-3-5-7-14/h3-11H,1-2H3,(H,20,23). The van der Waals surface area contributed by atoms with E-state index in [-0.39, 0.29) is 11.6 Å². The number of imidazole rings is 1. The number of thioether (sulfide) groups is 1. The van der Waals surface area contributed by atoms with Crippen molar-refractivity contribution in [3.8, 4) is 5.69 Å². The van der Waals surface area contributed by atoms with E-state index in [0.717, 1.165) is 5.69 Å². The Kier molecular flexibility index (Phi) is 5.04. The number of amides is 1. The SMILES string of the molecule is CSc1ncc(C(=O)Nc2ccc(C)c([N+](=O)[O-])c2)n1-c1ccccc1. The van der Waals surface area contributed by atoms with Crippen molar-refractivity contribution < 1.29 is 9.72 Å². The predicted molar refractivity (Wildman–Crippen MR) is 101 cm³/mol. The Balaban J connectivity index is 1.96. The van der Waals surface area contributed by atoms with Crippen LogP contribution in [0.2, 0.25) is 0 Å². The molecule has 0 bridgehead atoms. The van der Waals surface area contributed by atoms with Crippen molar-refractivity contribution >= 4 is 29.0 Å². The highest BCUT2D eigenvalue weighted by atomic mass is 32.2. The number of nitrogens with one attached hydrogen (secondary N) is 1. The lowest BCUT2D eigenvalue weighted by Crippen LogP contribution is -2.16. The summed E-state index contributed by atoms with van der Waals surface area (Å²) in [6.45, 7) is 1.65. The maximum atomic E-state index is 12.8. The number of carbonyl (C=O) groups excluding carboxylic acids is 1. The summed E-state index contributed by atoms with van der Waals surface area (Å²) in [4.78, 5) is 27.7. The molecule has 0 aliphatic rings. The molecule has 0 fully saturated rings. The average Bonchev–Trinajstić information content (AvgIpc) is 3.08. The fourth-order valence-electron chi connectivity index (χ4n) is 2.54. The third-order valence-corrected chi connectivity index (χ3v) is 4.48. The number of nitro benzene ring substituents is 1. The maximum absolute atomic E-state index is 12.8. The molecule has 8 heteroatoms. The van der Waals surface area contributed by atoms with E-state index in [1.165, 1.54) is 24.0 Å². The largest absolute Gasteiger partial charge is 0.320 e. The summed E-state index contributed by atoms with van der Waals surface area (Å²) in [7, 11) is 0. The molecule has 0 unspecified atom stereocenters. The molecule has 0 radical (unpaired) electrons. The Bertz CT molecular complexity index is 970. The maximum Gasteiger partial charge on any atom is 0.274 e. The smallest absolute Gasteiger partial charge is 0.274 e. The lowest BCUT2D eigenvalue weighted by Gasteiger charge is -2.11. The van der Waals surface area contributed by atoms with Gasteiger partial charge in [-0.3, -0.25) is 19.5 Å². The Morgan fingerprint density at radius 1 is 1.23 bits per heavy atom. The van der Waals surface area contributed by atoms with Gasteiger partial charge in [0.1, 0.15) is 5.69 Å². The highest BCUT2D eigenvalue weighted by molar-refractivity contribution is 7.98. The van der Waals surface area contributed by atoms with Crippen LogP contribution in [-0.2, 0) is 0 Å². The molecule has 1 heterocycles. The molecule has 0 atom stereocenters. The minimum atomic E-state index is -0.467. The minimum absolute atomic E-state index is 0.0378. The van der Waals surface area contributed by atoms with Crippen molar-refractivity contribution in [2.75, 3.05) is 11.6 Å². The molecule has 3 rings (SSSR count). The summed E-state index contributed by atoms with van der Waals surface area (Å²) in [5.41, 5.74) is 2.02. The van der Waals surface area contributed by atoms with Gasteiger partial charge >= 0.3 is 0 Å².